The Morgan fingerprint density at radius 2 is 1.36 bits per heavy atom. The first-order chi connectivity index (χ1) is 16.1. The molecule has 0 spiro atoms. The van der Waals surface area contributed by atoms with E-state index in [9.17, 15) is 19.8 Å². The number of hydrogen-bond acceptors (Lipinski definition) is 8. The molecule has 0 atom stereocenters. The predicted octanol–water partition coefficient (Wildman–Crippen LogP) is 5.66. The molecule has 4 rings (SSSR count). The van der Waals surface area contributed by atoms with Gasteiger partial charge in [-0.3, -0.25) is 0 Å². The van der Waals surface area contributed by atoms with Crippen LogP contribution in [0.4, 0.5) is 0 Å². The Morgan fingerprint density at radius 1 is 0.778 bits per heavy atom. The number of halogens is 1. The minimum atomic E-state index is -1.26. The number of carboxylic acid groups (broad SMARTS) is 2. The van der Waals surface area contributed by atoms with Crippen LogP contribution < -0.4 is 10.2 Å². The van der Waals surface area contributed by atoms with Crippen molar-refractivity contribution in [2.75, 3.05) is 0 Å². The highest BCUT2D eigenvalue weighted by Crippen LogP contribution is 2.20. The lowest BCUT2D eigenvalue weighted by atomic mass is 10.1. The molecule has 0 unspecified atom stereocenters. The van der Waals surface area contributed by atoms with Crippen molar-refractivity contribution in [2.45, 2.75) is 35.6 Å². The van der Waals surface area contributed by atoms with E-state index in [4.69, 9.17) is 29.3 Å². The van der Waals surface area contributed by atoms with Crippen LogP contribution in [0.3, 0.4) is 0 Å². The van der Waals surface area contributed by atoms with E-state index in [2.05, 4.69) is 0 Å². The van der Waals surface area contributed by atoms with Crippen LogP contribution in [0.2, 0.25) is 5.22 Å². The second-order valence-corrected chi connectivity index (χ2v) is 7.46. The van der Waals surface area contributed by atoms with Gasteiger partial charge in [-0.1, -0.05) is 14.9 Å². The van der Waals surface area contributed by atoms with Crippen molar-refractivity contribution in [1.82, 2.24) is 0 Å². The lowest BCUT2D eigenvalue weighted by Crippen LogP contribution is -2.22. The number of carbonyl (C=O) groups is 2. The van der Waals surface area contributed by atoms with E-state index in [0.29, 0.717) is 34.4 Å². The Balaban J connectivity index is 0.000000341. The number of furan rings is 4. The molecular formula is C27H27ClO8-2. The maximum Gasteiger partial charge on any atom is 0.193 e. The van der Waals surface area contributed by atoms with Gasteiger partial charge in [0.25, 0.3) is 0 Å². The van der Waals surface area contributed by atoms with Crippen molar-refractivity contribution in [1.29, 1.82) is 0 Å². The lowest BCUT2D eigenvalue weighted by Gasteiger charge is -1.97. The maximum atomic E-state index is 10.7. The van der Waals surface area contributed by atoms with Gasteiger partial charge in [-0.05, 0) is 87.0 Å². The smallest absolute Gasteiger partial charge is 0.193 e. The molecule has 0 saturated carbocycles. The molecule has 0 radical (unpaired) electrons. The number of hydrogen-bond donors (Lipinski definition) is 0. The second-order valence-electron chi connectivity index (χ2n) is 7.09. The third-order valence-corrected chi connectivity index (χ3v) is 4.82. The minimum absolute atomic E-state index is 0. The van der Waals surface area contributed by atoms with Gasteiger partial charge in [0.2, 0.25) is 0 Å². The zero-order valence-electron chi connectivity index (χ0n) is 18.4. The standard InChI is InChI=1S/C13H12O4.C12H9ClO4.2CH4/c1-8-3-4-10(17-8)5-6-12-9(2)11(7-16-12)13(14)15;1-7-10(12(14)15)6-9(16-7)3-2-8-4-5-11(13)17-8;;/h3-7H,1-2H3,(H,14,15);2-6H,1H3,(H,14,15);2*1H4/p-2/b6-5+;3-2+;;. The quantitative estimate of drug-likeness (QED) is 0.321. The molecule has 0 fully saturated rings. The predicted molar refractivity (Wildman–Crippen MR) is 134 cm³/mol. The molecule has 4 aromatic heterocycles. The van der Waals surface area contributed by atoms with Gasteiger partial charge in [-0.25, -0.2) is 0 Å². The van der Waals surface area contributed by atoms with Gasteiger partial charge in [0.1, 0.15) is 40.8 Å². The molecule has 4 heterocycles. The van der Waals surface area contributed by atoms with E-state index >= 15 is 0 Å². The molecule has 0 saturated heterocycles. The van der Waals surface area contributed by atoms with Crippen molar-refractivity contribution in [3.8, 4) is 0 Å². The largest absolute Gasteiger partial charge is 0.545 e. The van der Waals surface area contributed by atoms with E-state index in [1.807, 2.05) is 19.1 Å². The Hall–Kier alpha value is -4.17. The summed E-state index contributed by atoms with van der Waals surface area (Å²) in [5, 5.41) is 21.7. The monoisotopic (exact) mass is 514 g/mol. The van der Waals surface area contributed by atoms with Crippen LogP contribution >= 0.6 is 11.6 Å². The highest BCUT2D eigenvalue weighted by atomic mass is 35.5. The van der Waals surface area contributed by atoms with Crippen LogP contribution in [-0.2, 0) is 0 Å². The summed E-state index contributed by atoms with van der Waals surface area (Å²) >= 11 is 5.60. The van der Waals surface area contributed by atoms with E-state index in [-0.39, 0.29) is 31.2 Å². The van der Waals surface area contributed by atoms with E-state index in [1.54, 1.807) is 50.3 Å². The molecule has 0 aliphatic rings. The van der Waals surface area contributed by atoms with Crippen LogP contribution in [0, 0.1) is 20.8 Å². The van der Waals surface area contributed by atoms with E-state index in [0.717, 1.165) is 5.76 Å². The molecule has 0 aliphatic carbocycles. The van der Waals surface area contributed by atoms with Crippen molar-refractivity contribution in [3.63, 3.8) is 0 Å². The number of rotatable bonds is 6. The van der Waals surface area contributed by atoms with Crippen LogP contribution in [0.1, 0.15) is 75.7 Å². The minimum Gasteiger partial charge on any atom is -0.545 e. The molecule has 4 aromatic rings. The number of aryl methyl sites for hydroxylation is 2. The van der Waals surface area contributed by atoms with Gasteiger partial charge in [-0.15, -0.1) is 0 Å². The van der Waals surface area contributed by atoms with E-state index in [1.165, 1.54) is 12.3 Å². The Morgan fingerprint density at radius 3 is 1.86 bits per heavy atom. The van der Waals surface area contributed by atoms with Crippen molar-refractivity contribution < 1.29 is 37.5 Å². The molecule has 36 heavy (non-hydrogen) atoms. The van der Waals surface area contributed by atoms with Gasteiger partial charge in [0.15, 0.2) is 5.22 Å². The zero-order valence-corrected chi connectivity index (χ0v) is 19.2. The number of aromatic carboxylic acids is 2. The summed E-state index contributed by atoms with van der Waals surface area (Å²) in [5.74, 6) is 0.768. The summed E-state index contributed by atoms with van der Waals surface area (Å²) in [6, 6.07) is 8.37. The van der Waals surface area contributed by atoms with Crippen molar-refractivity contribution in [3.05, 3.63) is 93.1 Å². The Labute approximate surface area is 214 Å². The first-order valence-corrected chi connectivity index (χ1v) is 10.3. The molecule has 0 aliphatic heterocycles. The summed E-state index contributed by atoms with van der Waals surface area (Å²) in [7, 11) is 0. The normalized spacial score (nSPS) is 10.6. The molecule has 0 N–H and O–H groups in total. The maximum absolute atomic E-state index is 10.7. The third kappa shape index (κ3) is 7.68. The summed E-state index contributed by atoms with van der Waals surface area (Å²) in [6.07, 6.45) is 7.79. The molecule has 9 heteroatoms. The highest BCUT2D eigenvalue weighted by molar-refractivity contribution is 6.28. The van der Waals surface area contributed by atoms with Gasteiger partial charge in [0, 0.05) is 16.7 Å². The van der Waals surface area contributed by atoms with Crippen molar-refractivity contribution in [2.24, 2.45) is 0 Å². The van der Waals surface area contributed by atoms with Gasteiger partial charge in [0.05, 0.1) is 11.9 Å². The average molecular weight is 515 g/mol. The fourth-order valence-corrected chi connectivity index (χ4v) is 3.02. The van der Waals surface area contributed by atoms with E-state index < -0.39 is 11.9 Å². The van der Waals surface area contributed by atoms with Crippen molar-refractivity contribution >= 4 is 47.8 Å². The number of carboxylic acids is 2. The fraction of sp³-hybridized carbons (Fsp3) is 0.185. The summed E-state index contributed by atoms with van der Waals surface area (Å²) < 4.78 is 20.8. The molecular weight excluding hydrogens is 488 g/mol. The topological polar surface area (TPSA) is 133 Å². The first kappa shape index (κ1) is 29.9. The molecule has 8 nitrogen and oxygen atoms in total. The highest BCUT2D eigenvalue weighted by Gasteiger charge is 2.08. The molecule has 0 bridgehead atoms. The fourth-order valence-electron chi connectivity index (χ4n) is 2.87. The van der Waals surface area contributed by atoms with Gasteiger partial charge >= 0.3 is 0 Å². The van der Waals surface area contributed by atoms with Crippen LogP contribution in [0.25, 0.3) is 24.3 Å². The average Bonchev–Trinajstić information content (AvgIpc) is 3.54. The molecule has 0 amide bonds. The molecule has 0 aromatic carbocycles. The van der Waals surface area contributed by atoms with Crippen LogP contribution in [0.15, 0.2) is 54.3 Å². The Bertz CT molecular complexity index is 1350. The first-order valence-electron chi connectivity index (χ1n) is 9.93. The third-order valence-electron chi connectivity index (χ3n) is 4.62. The summed E-state index contributed by atoms with van der Waals surface area (Å²) in [6.45, 7) is 5.08. The summed E-state index contributed by atoms with van der Waals surface area (Å²) in [4.78, 5) is 21.4. The van der Waals surface area contributed by atoms with Gasteiger partial charge in [-0.2, -0.15) is 0 Å². The SMILES string of the molecule is C.C.Cc1ccc(/C=C/c2occ(C(=O)[O-])c2C)o1.Cc1oc(/C=C/c2ccc(Cl)o2)cc1C(=O)[O-]. The van der Waals surface area contributed by atoms with Crippen LogP contribution in [0.5, 0.6) is 0 Å². The summed E-state index contributed by atoms with van der Waals surface area (Å²) in [5.41, 5.74) is 0.659. The van der Waals surface area contributed by atoms with Gasteiger partial charge < -0.3 is 37.5 Å². The number of carbonyl (C=O) groups excluding carboxylic acids is 2. The van der Waals surface area contributed by atoms with Crippen LogP contribution in [-0.4, -0.2) is 11.9 Å². The lowest BCUT2D eigenvalue weighted by molar-refractivity contribution is -0.256. The second kappa shape index (κ2) is 13.1. The zero-order chi connectivity index (χ0) is 24.8. The Kier molecular flexibility index (Phi) is 10.8. The molecule has 192 valence electrons.